The van der Waals surface area contributed by atoms with E-state index in [1.54, 1.807) is 0 Å². The number of benzene rings is 3. The van der Waals surface area contributed by atoms with E-state index in [9.17, 15) is 45.4 Å². The number of anilines is 1. The lowest BCUT2D eigenvalue weighted by atomic mass is 9.88. The fourth-order valence-electron chi connectivity index (χ4n) is 4.20. The number of rotatable bonds is 5. The highest BCUT2D eigenvalue weighted by molar-refractivity contribution is 6.08. The number of hydrogen-bond donors (Lipinski definition) is 3. The number of carbonyl (C=O) groups is 2. The van der Waals surface area contributed by atoms with Crippen molar-refractivity contribution in [1.29, 1.82) is 0 Å². The molecule has 3 aromatic carbocycles. The van der Waals surface area contributed by atoms with Crippen molar-refractivity contribution in [2.75, 3.05) is 5.32 Å². The van der Waals surface area contributed by atoms with Gasteiger partial charge >= 0.3 is 6.18 Å². The van der Waals surface area contributed by atoms with Crippen LogP contribution in [0, 0.1) is 11.6 Å². The van der Waals surface area contributed by atoms with E-state index in [1.165, 1.54) is 26.0 Å². The number of hydrogen-bond acceptors (Lipinski definition) is 3. The number of halogens is 7. The molecule has 3 N–H and O–H groups in total. The van der Waals surface area contributed by atoms with E-state index in [1.807, 2.05) is 0 Å². The Hall–Kier alpha value is -3.93. The van der Waals surface area contributed by atoms with Crippen molar-refractivity contribution >= 4 is 17.5 Å². The second-order valence-corrected chi connectivity index (χ2v) is 9.20. The zero-order valence-electron chi connectivity index (χ0n) is 19.7. The fourth-order valence-corrected chi connectivity index (χ4v) is 4.20. The summed E-state index contributed by atoms with van der Waals surface area (Å²) in [5.41, 5.74) is -5.02. The second-order valence-electron chi connectivity index (χ2n) is 9.20. The van der Waals surface area contributed by atoms with E-state index in [0.29, 0.717) is 12.1 Å². The lowest BCUT2D eigenvalue weighted by Crippen LogP contribution is -2.22. The Labute approximate surface area is 211 Å². The molecular formula is C26H19F7N2O3. The molecule has 4 rings (SSSR count). The van der Waals surface area contributed by atoms with E-state index in [4.69, 9.17) is 0 Å². The number of alkyl halides is 5. The van der Waals surface area contributed by atoms with Crippen molar-refractivity contribution < 1.29 is 45.4 Å². The molecule has 0 spiro atoms. The molecule has 1 atom stereocenters. The molecule has 1 aliphatic heterocycles. The van der Waals surface area contributed by atoms with Crippen LogP contribution in [0.2, 0.25) is 0 Å². The largest absolute Gasteiger partial charge is 0.416 e. The molecular weight excluding hydrogens is 521 g/mol. The summed E-state index contributed by atoms with van der Waals surface area (Å²) in [6.45, 7) is 2.71. The standard InChI is InChI=1S/C26H19F7N2O3/c1-25(2,38)12-8-18-20(21(35-24(18)37)17-10-14(27)3-4-16(17)22(29)30)19(9-12)34-23(36)11-5-13(26(31,32)33)7-15(28)6-11/h3-10,21-22,38H,1-2H3,(H,34,36)(H,35,37)/t21-/m1/s1. The highest BCUT2D eigenvalue weighted by Gasteiger charge is 2.37. The van der Waals surface area contributed by atoms with Gasteiger partial charge in [-0.3, -0.25) is 9.59 Å². The van der Waals surface area contributed by atoms with Crippen LogP contribution in [0.5, 0.6) is 0 Å². The predicted molar refractivity (Wildman–Crippen MR) is 122 cm³/mol. The van der Waals surface area contributed by atoms with Gasteiger partial charge < -0.3 is 15.7 Å². The van der Waals surface area contributed by atoms with Gasteiger partial charge in [0.15, 0.2) is 0 Å². The quantitative estimate of drug-likeness (QED) is 0.336. The zero-order chi connectivity index (χ0) is 28.2. The lowest BCUT2D eigenvalue weighted by molar-refractivity contribution is -0.137. The Balaban J connectivity index is 1.89. The van der Waals surface area contributed by atoms with Crippen LogP contribution in [0.3, 0.4) is 0 Å². The van der Waals surface area contributed by atoms with Crippen LogP contribution in [-0.2, 0) is 11.8 Å². The molecule has 1 aliphatic rings. The van der Waals surface area contributed by atoms with Crippen LogP contribution in [0.15, 0.2) is 48.5 Å². The summed E-state index contributed by atoms with van der Waals surface area (Å²) in [6.07, 6.45) is -8.02. The van der Waals surface area contributed by atoms with E-state index >= 15 is 0 Å². The molecule has 0 fully saturated rings. The molecule has 12 heteroatoms. The summed E-state index contributed by atoms with van der Waals surface area (Å²) in [5, 5.41) is 15.3. The Bertz CT molecular complexity index is 1450. The van der Waals surface area contributed by atoms with Gasteiger partial charge in [-0.1, -0.05) is 6.07 Å². The molecule has 0 unspecified atom stereocenters. The van der Waals surface area contributed by atoms with Gasteiger partial charge in [0, 0.05) is 27.9 Å². The lowest BCUT2D eigenvalue weighted by Gasteiger charge is -2.23. The Morgan fingerprint density at radius 2 is 1.66 bits per heavy atom. The van der Waals surface area contributed by atoms with Gasteiger partial charge in [-0.15, -0.1) is 0 Å². The average molecular weight is 540 g/mol. The molecule has 1 heterocycles. The minimum Gasteiger partial charge on any atom is -0.386 e. The summed E-state index contributed by atoms with van der Waals surface area (Å²) in [6, 6.07) is 4.70. The molecule has 5 nitrogen and oxygen atoms in total. The summed E-state index contributed by atoms with van der Waals surface area (Å²) >= 11 is 0. The van der Waals surface area contributed by atoms with Crippen molar-refractivity contribution in [3.05, 3.63) is 99.1 Å². The van der Waals surface area contributed by atoms with Crippen molar-refractivity contribution in [2.24, 2.45) is 0 Å². The fraction of sp³-hybridized carbons (Fsp3) is 0.231. The first kappa shape index (κ1) is 27.1. The van der Waals surface area contributed by atoms with E-state index < -0.39 is 64.4 Å². The molecule has 3 aromatic rings. The minimum atomic E-state index is -4.95. The van der Waals surface area contributed by atoms with Gasteiger partial charge in [-0.05, 0) is 67.4 Å². The Kier molecular flexibility index (Phi) is 6.73. The number of nitrogens with one attached hydrogen (secondary N) is 2. The van der Waals surface area contributed by atoms with Crippen molar-refractivity contribution in [2.45, 2.75) is 38.1 Å². The van der Waals surface area contributed by atoms with Crippen LogP contribution >= 0.6 is 0 Å². The first-order valence-corrected chi connectivity index (χ1v) is 11.0. The van der Waals surface area contributed by atoms with E-state index in [2.05, 4.69) is 10.6 Å². The summed E-state index contributed by atoms with van der Waals surface area (Å²) in [5.74, 6) is -4.22. The SMILES string of the molecule is CC(C)(O)c1cc(NC(=O)c2cc(F)cc(C(F)(F)F)c2)c2c(c1)C(=O)N[C@@H]2c1cc(F)ccc1C(F)F. The van der Waals surface area contributed by atoms with Crippen molar-refractivity contribution in [1.82, 2.24) is 5.32 Å². The van der Waals surface area contributed by atoms with Crippen molar-refractivity contribution in [3.8, 4) is 0 Å². The summed E-state index contributed by atoms with van der Waals surface area (Å²) < 4.78 is 94.9. The summed E-state index contributed by atoms with van der Waals surface area (Å²) in [4.78, 5) is 25.8. The second kappa shape index (κ2) is 9.43. The van der Waals surface area contributed by atoms with E-state index in [0.717, 1.165) is 18.2 Å². The maximum absolute atomic E-state index is 14.1. The van der Waals surface area contributed by atoms with Crippen LogP contribution in [0.1, 0.15) is 74.8 Å². The molecule has 0 bridgehead atoms. The first-order chi connectivity index (χ1) is 17.6. The molecule has 0 saturated carbocycles. The number of fused-ring (bicyclic) bond motifs is 1. The molecule has 0 aliphatic carbocycles. The maximum atomic E-state index is 14.1. The normalized spacial score (nSPS) is 15.4. The summed E-state index contributed by atoms with van der Waals surface area (Å²) in [7, 11) is 0. The van der Waals surface area contributed by atoms with Gasteiger partial charge in [-0.2, -0.15) is 13.2 Å². The van der Waals surface area contributed by atoms with Gasteiger partial charge in [0.05, 0.1) is 17.2 Å². The van der Waals surface area contributed by atoms with Crippen LogP contribution < -0.4 is 10.6 Å². The Morgan fingerprint density at radius 1 is 0.974 bits per heavy atom. The van der Waals surface area contributed by atoms with Crippen LogP contribution in [0.4, 0.5) is 36.4 Å². The molecule has 200 valence electrons. The monoisotopic (exact) mass is 540 g/mol. The molecule has 0 radical (unpaired) electrons. The number of aliphatic hydroxyl groups is 1. The highest BCUT2D eigenvalue weighted by atomic mass is 19.4. The first-order valence-electron chi connectivity index (χ1n) is 11.0. The molecule has 2 amide bonds. The van der Waals surface area contributed by atoms with Gasteiger partial charge in [0.25, 0.3) is 18.2 Å². The molecule has 0 saturated heterocycles. The number of carbonyl (C=O) groups excluding carboxylic acids is 2. The Morgan fingerprint density at radius 3 is 2.26 bits per heavy atom. The van der Waals surface area contributed by atoms with Crippen LogP contribution in [0.25, 0.3) is 0 Å². The van der Waals surface area contributed by atoms with Gasteiger partial charge in [0.1, 0.15) is 11.6 Å². The third kappa shape index (κ3) is 5.21. The number of amides is 2. The average Bonchev–Trinajstić information content (AvgIpc) is 3.14. The smallest absolute Gasteiger partial charge is 0.386 e. The highest BCUT2D eigenvalue weighted by Crippen LogP contribution is 2.42. The molecule has 38 heavy (non-hydrogen) atoms. The third-order valence-corrected chi connectivity index (χ3v) is 6.03. The molecule has 0 aromatic heterocycles. The van der Waals surface area contributed by atoms with E-state index in [-0.39, 0.29) is 34.0 Å². The van der Waals surface area contributed by atoms with Gasteiger partial charge in [0.2, 0.25) is 0 Å². The van der Waals surface area contributed by atoms with Crippen molar-refractivity contribution in [3.63, 3.8) is 0 Å². The predicted octanol–water partition coefficient (Wildman–Crippen LogP) is 6.23. The van der Waals surface area contributed by atoms with Crippen LogP contribution in [-0.4, -0.2) is 16.9 Å². The third-order valence-electron chi connectivity index (χ3n) is 6.03. The topological polar surface area (TPSA) is 78.4 Å². The minimum absolute atomic E-state index is 0.0868. The maximum Gasteiger partial charge on any atom is 0.416 e. The zero-order valence-corrected chi connectivity index (χ0v) is 19.7. The van der Waals surface area contributed by atoms with Gasteiger partial charge in [-0.25, -0.2) is 17.6 Å².